The molecule has 0 N–H and O–H groups in total. The van der Waals surface area contributed by atoms with Crippen LogP contribution < -0.4 is 4.90 Å². The highest BCUT2D eigenvalue weighted by molar-refractivity contribution is 6.32. The summed E-state index contributed by atoms with van der Waals surface area (Å²) in [6, 6.07) is 7.58. The minimum absolute atomic E-state index is 0.0585. The van der Waals surface area contributed by atoms with E-state index in [1.165, 1.54) is 0 Å². The summed E-state index contributed by atoms with van der Waals surface area (Å²) < 4.78 is 11.0. The van der Waals surface area contributed by atoms with Crippen molar-refractivity contribution in [1.82, 2.24) is 0 Å². The molecule has 1 aliphatic heterocycles. The van der Waals surface area contributed by atoms with Gasteiger partial charge in [-0.05, 0) is 25.1 Å². The van der Waals surface area contributed by atoms with Crippen LogP contribution in [0.15, 0.2) is 18.2 Å². The molecule has 0 spiro atoms. The predicted octanol–water partition coefficient (Wildman–Crippen LogP) is 2.45. The Morgan fingerprint density at radius 3 is 2.95 bits per heavy atom. The summed E-state index contributed by atoms with van der Waals surface area (Å²) in [5.74, 6) is 0. The van der Waals surface area contributed by atoms with Crippen molar-refractivity contribution in [3.63, 3.8) is 0 Å². The number of benzene rings is 1. The van der Waals surface area contributed by atoms with E-state index in [-0.39, 0.29) is 12.2 Å². The van der Waals surface area contributed by atoms with Crippen LogP contribution in [0, 0.1) is 11.3 Å². The van der Waals surface area contributed by atoms with Crippen LogP contribution in [0.3, 0.4) is 0 Å². The number of ether oxygens (including phenoxy) is 2. The van der Waals surface area contributed by atoms with E-state index in [0.717, 1.165) is 18.8 Å². The van der Waals surface area contributed by atoms with Crippen LogP contribution in [0.1, 0.15) is 12.5 Å². The quantitative estimate of drug-likeness (QED) is 0.853. The fraction of sp³-hybridized carbons (Fsp3) is 0.500. The van der Waals surface area contributed by atoms with Crippen LogP contribution >= 0.6 is 11.6 Å². The maximum atomic E-state index is 8.89. The van der Waals surface area contributed by atoms with Crippen molar-refractivity contribution in [3.8, 4) is 6.07 Å². The number of rotatable bonds is 3. The molecule has 0 saturated carbocycles. The lowest BCUT2D eigenvalue weighted by atomic mass is 10.1. The second-order valence-electron chi connectivity index (χ2n) is 4.70. The van der Waals surface area contributed by atoms with Crippen molar-refractivity contribution in [2.24, 2.45) is 0 Å². The molecule has 102 valence electrons. The van der Waals surface area contributed by atoms with Crippen LogP contribution in [-0.2, 0) is 9.47 Å². The fourth-order valence-electron chi connectivity index (χ4n) is 2.33. The Hall–Kier alpha value is -1.28. The summed E-state index contributed by atoms with van der Waals surface area (Å²) >= 11 is 6.08. The third-order valence-corrected chi connectivity index (χ3v) is 3.43. The summed E-state index contributed by atoms with van der Waals surface area (Å²) in [7, 11) is 1.67. The van der Waals surface area contributed by atoms with Crippen molar-refractivity contribution in [2.75, 3.05) is 31.7 Å². The third-order valence-electron chi connectivity index (χ3n) is 3.12. The van der Waals surface area contributed by atoms with Gasteiger partial charge in [0.25, 0.3) is 0 Å². The highest BCUT2D eigenvalue weighted by Gasteiger charge is 2.25. The lowest BCUT2D eigenvalue weighted by Gasteiger charge is -2.38. The first-order chi connectivity index (χ1) is 9.13. The first-order valence-corrected chi connectivity index (χ1v) is 6.61. The van der Waals surface area contributed by atoms with Gasteiger partial charge in [-0.25, -0.2) is 0 Å². The van der Waals surface area contributed by atoms with Gasteiger partial charge in [0.2, 0.25) is 0 Å². The second-order valence-corrected chi connectivity index (χ2v) is 5.11. The molecule has 1 heterocycles. The van der Waals surface area contributed by atoms with Crippen molar-refractivity contribution < 1.29 is 9.47 Å². The van der Waals surface area contributed by atoms with Gasteiger partial charge in [0.15, 0.2) is 0 Å². The molecule has 5 heteroatoms. The molecular weight excluding hydrogens is 264 g/mol. The van der Waals surface area contributed by atoms with Crippen molar-refractivity contribution in [3.05, 3.63) is 28.8 Å². The van der Waals surface area contributed by atoms with E-state index in [0.29, 0.717) is 17.2 Å². The summed E-state index contributed by atoms with van der Waals surface area (Å²) in [6.45, 7) is 4.19. The molecule has 19 heavy (non-hydrogen) atoms. The topological polar surface area (TPSA) is 45.5 Å². The minimum atomic E-state index is 0.0585. The van der Waals surface area contributed by atoms with Gasteiger partial charge in [-0.1, -0.05) is 11.6 Å². The van der Waals surface area contributed by atoms with Gasteiger partial charge in [-0.2, -0.15) is 5.26 Å². The molecule has 2 atom stereocenters. The Morgan fingerprint density at radius 1 is 1.53 bits per heavy atom. The Labute approximate surface area is 118 Å². The molecule has 1 aliphatic rings. The normalized spacial score (nSPS) is 23.2. The maximum Gasteiger partial charge on any atom is 0.101 e. The number of methoxy groups -OCH3 is 1. The lowest BCUT2D eigenvalue weighted by Crippen LogP contribution is -2.48. The van der Waals surface area contributed by atoms with Gasteiger partial charge < -0.3 is 14.4 Å². The standard InChI is InChI=1S/C14H17ClN2O2/c1-10-7-17(8-13(19-10)9-18-2)12-4-3-11(6-16)14(15)5-12/h3-5,10,13H,7-9H2,1-2H3. The fourth-order valence-corrected chi connectivity index (χ4v) is 2.54. The third kappa shape index (κ3) is 3.38. The first kappa shape index (κ1) is 14.1. The first-order valence-electron chi connectivity index (χ1n) is 6.23. The molecule has 1 saturated heterocycles. The van der Waals surface area contributed by atoms with Crippen LogP contribution in [0.5, 0.6) is 0 Å². The van der Waals surface area contributed by atoms with Crippen LogP contribution in [0.2, 0.25) is 5.02 Å². The number of hydrogen-bond acceptors (Lipinski definition) is 4. The summed E-state index contributed by atoms with van der Waals surface area (Å²) in [6.07, 6.45) is 0.200. The van der Waals surface area contributed by atoms with E-state index in [2.05, 4.69) is 11.0 Å². The van der Waals surface area contributed by atoms with Gasteiger partial charge in [-0.3, -0.25) is 0 Å². The number of nitriles is 1. The van der Waals surface area contributed by atoms with Crippen molar-refractivity contribution >= 4 is 17.3 Å². The average Bonchev–Trinajstić information content (AvgIpc) is 2.38. The van der Waals surface area contributed by atoms with Gasteiger partial charge in [0, 0.05) is 25.9 Å². The average molecular weight is 281 g/mol. The van der Waals surface area contributed by atoms with E-state index in [4.69, 9.17) is 26.3 Å². The van der Waals surface area contributed by atoms with Gasteiger partial charge in [0.1, 0.15) is 6.07 Å². The van der Waals surface area contributed by atoms with Gasteiger partial charge >= 0.3 is 0 Å². The van der Waals surface area contributed by atoms with Crippen LogP contribution in [0.4, 0.5) is 5.69 Å². The molecule has 0 radical (unpaired) electrons. The molecule has 0 aromatic heterocycles. The second kappa shape index (κ2) is 6.25. The lowest BCUT2D eigenvalue weighted by molar-refractivity contribution is -0.0510. The van der Waals surface area contributed by atoms with Crippen LogP contribution in [0.25, 0.3) is 0 Å². The Morgan fingerprint density at radius 2 is 2.32 bits per heavy atom. The Kier molecular flexibility index (Phi) is 4.65. The van der Waals surface area contributed by atoms with Crippen molar-refractivity contribution in [1.29, 1.82) is 5.26 Å². The highest BCUT2D eigenvalue weighted by Crippen LogP contribution is 2.26. The van der Waals surface area contributed by atoms with E-state index >= 15 is 0 Å². The smallest absolute Gasteiger partial charge is 0.101 e. The predicted molar refractivity (Wildman–Crippen MR) is 74.6 cm³/mol. The minimum Gasteiger partial charge on any atom is -0.382 e. The maximum absolute atomic E-state index is 8.89. The number of nitrogens with zero attached hydrogens (tertiary/aromatic N) is 2. The zero-order valence-electron chi connectivity index (χ0n) is 11.1. The zero-order valence-corrected chi connectivity index (χ0v) is 11.9. The Bertz CT molecular complexity index is 487. The zero-order chi connectivity index (χ0) is 13.8. The van der Waals surface area contributed by atoms with E-state index in [1.807, 2.05) is 19.1 Å². The molecule has 2 unspecified atom stereocenters. The summed E-state index contributed by atoms with van der Waals surface area (Å²) in [5.41, 5.74) is 1.51. The largest absolute Gasteiger partial charge is 0.382 e. The van der Waals surface area contributed by atoms with Crippen molar-refractivity contribution in [2.45, 2.75) is 19.1 Å². The summed E-state index contributed by atoms with van der Waals surface area (Å²) in [4.78, 5) is 2.21. The molecule has 0 bridgehead atoms. The van der Waals surface area contributed by atoms with Gasteiger partial charge in [0.05, 0.1) is 29.4 Å². The molecule has 2 rings (SSSR count). The highest BCUT2D eigenvalue weighted by atomic mass is 35.5. The number of hydrogen-bond donors (Lipinski definition) is 0. The Balaban J connectivity index is 2.16. The molecule has 0 amide bonds. The monoisotopic (exact) mass is 280 g/mol. The number of halogens is 1. The molecular formula is C14H17ClN2O2. The molecule has 0 aliphatic carbocycles. The molecule has 1 fully saturated rings. The SMILES string of the molecule is COCC1CN(c2ccc(C#N)c(Cl)c2)CC(C)O1. The van der Waals surface area contributed by atoms with Crippen LogP contribution in [-0.4, -0.2) is 39.0 Å². The van der Waals surface area contributed by atoms with E-state index < -0.39 is 0 Å². The van der Waals surface area contributed by atoms with E-state index in [1.54, 1.807) is 13.2 Å². The molecule has 1 aromatic carbocycles. The summed E-state index contributed by atoms with van der Waals surface area (Å²) in [5, 5.41) is 9.38. The van der Waals surface area contributed by atoms with E-state index in [9.17, 15) is 0 Å². The van der Waals surface area contributed by atoms with Gasteiger partial charge in [-0.15, -0.1) is 0 Å². The number of anilines is 1. The molecule has 1 aromatic rings. The number of morpholine rings is 1. The molecule has 4 nitrogen and oxygen atoms in total.